The van der Waals surface area contributed by atoms with E-state index in [-0.39, 0.29) is 12.1 Å². The van der Waals surface area contributed by atoms with Crippen molar-refractivity contribution in [3.63, 3.8) is 0 Å². The van der Waals surface area contributed by atoms with Crippen molar-refractivity contribution in [3.8, 4) is 0 Å². The quantitative estimate of drug-likeness (QED) is 0.883. The summed E-state index contributed by atoms with van der Waals surface area (Å²) in [6.07, 6.45) is 2.09. The molecule has 1 aromatic carbocycles. The molecule has 0 saturated heterocycles. The van der Waals surface area contributed by atoms with E-state index in [1.165, 1.54) is 11.1 Å². The van der Waals surface area contributed by atoms with Crippen molar-refractivity contribution in [1.29, 1.82) is 0 Å². The lowest BCUT2D eigenvalue weighted by Crippen LogP contribution is -2.24. The number of nitrogens with zero attached hydrogens (tertiary/aromatic N) is 2. The van der Waals surface area contributed by atoms with Crippen LogP contribution in [-0.2, 0) is 4.74 Å². The summed E-state index contributed by atoms with van der Waals surface area (Å²) >= 11 is 0. The molecule has 114 valence electrons. The third-order valence-corrected chi connectivity index (χ3v) is 3.62. The topological polar surface area (TPSA) is 39.1 Å². The van der Waals surface area contributed by atoms with Gasteiger partial charge in [-0.05, 0) is 33.3 Å². The largest absolute Gasteiger partial charge is 0.383 e. The molecule has 4 nitrogen and oxygen atoms in total. The van der Waals surface area contributed by atoms with Crippen LogP contribution in [0.25, 0.3) is 0 Å². The van der Waals surface area contributed by atoms with Gasteiger partial charge in [-0.2, -0.15) is 0 Å². The predicted molar refractivity (Wildman–Crippen MR) is 86.9 cm³/mol. The highest BCUT2D eigenvalue weighted by Gasteiger charge is 2.15. The first-order valence-corrected chi connectivity index (χ1v) is 7.38. The van der Waals surface area contributed by atoms with E-state index in [0.717, 1.165) is 11.6 Å². The maximum absolute atomic E-state index is 5.18. The zero-order valence-corrected chi connectivity index (χ0v) is 13.6. The molecule has 1 aromatic heterocycles. The minimum Gasteiger partial charge on any atom is -0.383 e. The predicted octanol–water partition coefficient (Wildman–Crippen LogP) is 3.56. The molecule has 0 bridgehead atoms. The normalized spacial score (nSPS) is 14.0. The smallest absolute Gasteiger partial charge is 0.203 e. The van der Waals surface area contributed by atoms with Crippen LogP contribution in [0.5, 0.6) is 0 Å². The van der Waals surface area contributed by atoms with Gasteiger partial charge in [-0.1, -0.05) is 29.8 Å². The third-order valence-electron chi connectivity index (χ3n) is 3.62. The number of hydrogen-bond acceptors (Lipinski definition) is 3. The summed E-state index contributed by atoms with van der Waals surface area (Å²) in [6.45, 7) is 9.07. The third kappa shape index (κ3) is 3.85. The first-order chi connectivity index (χ1) is 10.0. The van der Waals surface area contributed by atoms with Crippen LogP contribution in [-0.4, -0.2) is 29.3 Å². The van der Waals surface area contributed by atoms with Gasteiger partial charge in [-0.3, -0.25) is 0 Å². The van der Waals surface area contributed by atoms with E-state index in [4.69, 9.17) is 4.74 Å². The molecule has 0 fully saturated rings. The lowest BCUT2D eigenvalue weighted by molar-refractivity contribution is 0.190. The van der Waals surface area contributed by atoms with Gasteiger partial charge in [0.05, 0.1) is 18.3 Å². The van der Waals surface area contributed by atoms with Crippen molar-refractivity contribution in [2.45, 2.75) is 39.8 Å². The molecular weight excluding hydrogens is 262 g/mol. The van der Waals surface area contributed by atoms with Crippen LogP contribution < -0.4 is 5.32 Å². The van der Waals surface area contributed by atoms with Crippen LogP contribution in [0.1, 0.15) is 36.7 Å². The van der Waals surface area contributed by atoms with Crippen molar-refractivity contribution in [3.05, 3.63) is 47.3 Å². The number of aryl methyl sites for hydroxylation is 2. The zero-order chi connectivity index (χ0) is 15.4. The number of benzene rings is 1. The molecule has 1 N–H and O–H groups in total. The van der Waals surface area contributed by atoms with Gasteiger partial charge in [0, 0.05) is 19.3 Å². The summed E-state index contributed by atoms with van der Waals surface area (Å²) in [5, 5.41) is 3.42. The minimum absolute atomic E-state index is 0.223. The maximum atomic E-state index is 5.18. The van der Waals surface area contributed by atoms with Gasteiger partial charge >= 0.3 is 0 Å². The van der Waals surface area contributed by atoms with Gasteiger partial charge in [0.15, 0.2) is 0 Å². The Labute approximate surface area is 127 Å². The first kappa shape index (κ1) is 15.6. The van der Waals surface area contributed by atoms with Gasteiger partial charge in [0.2, 0.25) is 5.95 Å². The Morgan fingerprint density at radius 2 is 1.86 bits per heavy atom. The molecule has 0 aliphatic rings. The molecule has 4 heteroatoms. The SMILES string of the molecule is COCC(C)Nc1nc(C)cn1C(C)c1ccc(C)cc1. The number of aromatic nitrogens is 2. The van der Waals surface area contributed by atoms with E-state index in [9.17, 15) is 0 Å². The lowest BCUT2D eigenvalue weighted by Gasteiger charge is -2.20. The number of hydrogen-bond donors (Lipinski definition) is 1. The van der Waals surface area contributed by atoms with E-state index in [0.29, 0.717) is 6.61 Å². The standard InChI is InChI=1S/C17H25N3O/c1-12-6-8-16(9-7-12)15(4)20-10-13(2)18-17(20)19-14(3)11-21-5/h6-10,14-15H,11H2,1-5H3,(H,18,19). The minimum atomic E-state index is 0.223. The lowest BCUT2D eigenvalue weighted by atomic mass is 10.1. The van der Waals surface area contributed by atoms with Crippen LogP contribution in [0.15, 0.2) is 30.5 Å². The average molecular weight is 287 g/mol. The fraction of sp³-hybridized carbons (Fsp3) is 0.471. The monoisotopic (exact) mass is 287 g/mol. The Morgan fingerprint density at radius 3 is 2.48 bits per heavy atom. The number of anilines is 1. The summed E-state index contributed by atoms with van der Waals surface area (Å²) in [5.41, 5.74) is 3.57. The molecule has 0 radical (unpaired) electrons. The van der Waals surface area contributed by atoms with Crippen LogP contribution >= 0.6 is 0 Å². The molecule has 21 heavy (non-hydrogen) atoms. The van der Waals surface area contributed by atoms with E-state index in [1.54, 1.807) is 7.11 Å². The Bertz CT molecular complexity index is 574. The second-order valence-electron chi connectivity index (χ2n) is 5.70. The average Bonchev–Trinajstić information content (AvgIpc) is 2.79. The fourth-order valence-electron chi connectivity index (χ4n) is 2.44. The number of nitrogens with one attached hydrogen (secondary N) is 1. The second-order valence-corrected chi connectivity index (χ2v) is 5.70. The highest BCUT2D eigenvalue weighted by atomic mass is 16.5. The molecule has 2 rings (SSSR count). The van der Waals surface area contributed by atoms with Gasteiger partial charge < -0.3 is 14.6 Å². The highest BCUT2D eigenvalue weighted by molar-refractivity contribution is 5.34. The molecule has 2 atom stereocenters. The summed E-state index contributed by atoms with van der Waals surface area (Å²) in [7, 11) is 1.71. The van der Waals surface area contributed by atoms with E-state index in [2.05, 4.69) is 66.1 Å². The first-order valence-electron chi connectivity index (χ1n) is 7.38. The maximum Gasteiger partial charge on any atom is 0.203 e. The Kier molecular flexibility index (Phi) is 5.02. The molecule has 0 amide bonds. The molecule has 0 aliphatic heterocycles. The van der Waals surface area contributed by atoms with Crippen molar-refractivity contribution in [2.24, 2.45) is 0 Å². The number of methoxy groups -OCH3 is 1. The molecule has 0 saturated carbocycles. The summed E-state index contributed by atoms with van der Waals surface area (Å²) in [5.74, 6) is 0.894. The zero-order valence-electron chi connectivity index (χ0n) is 13.6. The van der Waals surface area contributed by atoms with Crippen molar-refractivity contribution in [1.82, 2.24) is 9.55 Å². The van der Waals surface area contributed by atoms with Gasteiger partial charge in [-0.15, -0.1) is 0 Å². The molecule has 1 heterocycles. The summed E-state index contributed by atoms with van der Waals surface area (Å²) < 4.78 is 7.37. The van der Waals surface area contributed by atoms with Crippen LogP contribution in [0.4, 0.5) is 5.95 Å². The number of rotatable bonds is 6. The Hall–Kier alpha value is -1.81. The summed E-state index contributed by atoms with van der Waals surface area (Å²) in [6, 6.07) is 9.12. The highest BCUT2D eigenvalue weighted by Crippen LogP contribution is 2.23. The van der Waals surface area contributed by atoms with Crippen molar-refractivity contribution < 1.29 is 4.74 Å². The van der Waals surface area contributed by atoms with E-state index >= 15 is 0 Å². The number of ether oxygens (including phenoxy) is 1. The van der Waals surface area contributed by atoms with E-state index < -0.39 is 0 Å². The second kappa shape index (κ2) is 6.76. The summed E-state index contributed by atoms with van der Waals surface area (Å²) in [4.78, 5) is 4.59. The van der Waals surface area contributed by atoms with Crippen molar-refractivity contribution in [2.75, 3.05) is 19.0 Å². The van der Waals surface area contributed by atoms with Crippen LogP contribution in [0.3, 0.4) is 0 Å². The Balaban J connectivity index is 2.24. The molecule has 2 aromatic rings. The Morgan fingerprint density at radius 1 is 1.19 bits per heavy atom. The molecule has 0 spiro atoms. The molecule has 0 aliphatic carbocycles. The van der Waals surface area contributed by atoms with E-state index in [1.807, 2.05) is 6.92 Å². The van der Waals surface area contributed by atoms with Gasteiger partial charge in [0.25, 0.3) is 0 Å². The fourth-order valence-corrected chi connectivity index (χ4v) is 2.44. The van der Waals surface area contributed by atoms with Crippen LogP contribution in [0.2, 0.25) is 0 Å². The van der Waals surface area contributed by atoms with Gasteiger partial charge in [0.1, 0.15) is 0 Å². The molecule has 2 unspecified atom stereocenters. The number of imidazole rings is 1. The van der Waals surface area contributed by atoms with Gasteiger partial charge in [-0.25, -0.2) is 4.98 Å². The van der Waals surface area contributed by atoms with Crippen LogP contribution in [0, 0.1) is 13.8 Å². The van der Waals surface area contributed by atoms with Crippen molar-refractivity contribution >= 4 is 5.95 Å². The molecular formula is C17H25N3O.